The minimum atomic E-state index is -0.263. The maximum atomic E-state index is 11.6. The van der Waals surface area contributed by atoms with Crippen LogP contribution in [0.25, 0.3) is 0 Å². The third-order valence-electron chi connectivity index (χ3n) is 2.57. The Bertz CT molecular complexity index is 414. The van der Waals surface area contributed by atoms with Gasteiger partial charge in [0, 0.05) is 20.0 Å². The third-order valence-corrected chi connectivity index (χ3v) is 2.57. The van der Waals surface area contributed by atoms with Crippen LogP contribution in [0.1, 0.15) is 12.2 Å². The van der Waals surface area contributed by atoms with Crippen molar-refractivity contribution in [3.63, 3.8) is 0 Å². The number of aromatic nitrogens is 3. The average molecular weight is 223 g/mol. The lowest BCUT2D eigenvalue weighted by Crippen LogP contribution is -2.32. The van der Waals surface area contributed by atoms with Crippen LogP contribution in [0.15, 0.2) is 6.33 Å². The van der Waals surface area contributed by atoms with Gasteiger partial charge in [-0.1, -0.05) is 0 Å². The van der Waals surface area contributed by atoms with E-state index in [-0.39, 0.29) is 24.2 Å². The van der Waals surface area contributed by atoms with E-state index in [9.17, 15) is 9.59 Å². The largest absolute Gasteiger partial charge is 0.355 e. The number of aryl methyl sites for hydroxylation is 1. The number of hydrogen-bond acceptors (Lipinski definition) is 4. The van der Waals surface area contributed by atoms with Gasteiger partial charge in [0.2, 0.25) is 11.8 Å². The molecule has 0 saturated carbocycles. The normalized spacial score (nSPS) is 19.6. The standard InChI is InChI=1S/C9H13N5O2/c1-14-5-12-13-7(14)4-11-9(16)6-2-8(15)10-3-6/h5-6H,2-4H2,1H3,(H,10,15)(H,11,16). The van der Waals surface area contributed by atoms with Crippen molar-refractivity contribution in [2.45, 2.75) is 13.0 Å². The van der Waals surface area contributed by atoms with E-state index in [1.807, 2.05) is 7.05 Å². The van der Waals surface area contributed by atoms with Crippen LogP contribution < -0.4 is 10.6 Å². The lowest BCUT2D eigenvalue weighted by Gasteiger charge is -2.08. The van der Waals surface area contributed by atoms with E-state index in [1.165, 1.54) is 0 Å². The van der Waals surface area contributed by atoms with E-state index >= 15 is 0 Å². The molecule has 1 aliphatic heterocycles. The molecule has 0 aliphatic carbocycles. The van der Waals surface area contributed by atoms with E-state index < -0.39 is 0 Å². The molecule has 7 heteroatoms. The molecule has 1 aromatic heterocycles. The zero-order chi connectivity index (χ0) is 11.5. The van der Waals surface area contributed by atoms with Crippen molar-refractivity contribution in [3.8, 4) is 0 Å². The summed E-state index contributed by atoms with van der Waals surface area (Å²) < 4.78 is 1.73. The second-order valence-electron chi connectivity index (χ2n) is 3.78. The third kappa shape index (κ3) is 2.18. The molecule has 2 heterocycles. The topological polar surface area (TPSA) is 88.9 Å². The summed E-state index contributed by atoms with van der Waals surface area (Å²) in [6.07, 6.45) is 1.84. The molecule has 1 saturated heterocycles. The SMILES string of the molecule is Cn1cnnc1CNC(=O)C1CNC(=O)C1. The molecule has 1 fully saturated rings. The highest BCUT2D eigenvalue weighted by molar-refractivity contribution is 5.89. The summed E-state index contributed by atoms with van der Waals surface area (Å²) in [5.74, 6) is 0.228. The van der Waals surface area contributed by atoms with Crippen molar-refractivity contribution in [2.24, 2.45) is 13.0 Å². The quantitative estimate of drug-likeness (QED) is 0.657. The van der Waals surface area contributed by atoms with Gasteiger partial charge < -0.3 is 15.2 Å². The monoisotopic (exact) mass is 223 g/mol. The summed E-state index contributed by atoms with van der Waals surface area (Å²) >= 11 is 0. The summed E-state index contributed by atoms with van der Waals surface area (Å²) in [4.78, 5) is 22.6. The molecular formula is C9H13N5O2. The van der Waals surface area contributed by atoms with Crippen molar-refractivity contribution < 1.29 is 9.59 Å². The summed E-state index contributed by atoms with van der Waals surface area (Å²) in [6, 6.07) is 0. The molecular weight excluding hydrogens is 210 g/mol. The minimum Gasteiger partial charge on any atom is -0.355 e. The van der Waals surface area contributed by atoms with Crippen LogP contribution in [-0.2, 0) is 23.2 Å². The van der Waals surface area contributed by atoms with E-state index in [1.54, 1.807) is 10.9 Å². The highest BCUT2D eigenvalue weighted by Gasteiger charge is 2.27. The minimum absolute atomic E-state index is 0.0705. The number of nitrogens with zero attached hydrogens (tertiary/aromatic N) is 3. The highest BCUT2D eigenvalue weighted by atomic mass is 16.2. The Balaban J connectivity index is 1.84. The Morgan fingerprint density at radius 3 is 3.12 bits per heavy atom. The molecule has 1 atom stereocenters. The first-order chi connectivity index (χ1) is 7.66. The Labute approximate surface area is 92.2 Å². The molecule has 86 valence electrons. The molecule has 0 radical (unpaired) electrons. The number of amides is 2. The fourth-order valence-corrected chi connectivity index (χ4v) is 1.57. The Hall–Kier alpha value is -1.92. The van der Waals surface area contributed by atoms with Crippen molar-refractivity contribution in [1.82, 2.24) is 25.4 Å². The number of carbonyl (C=O) groups is 2. The molecule has 2 amide bonds. The van der Waals surface area contributed by atoms with Crippen LogP contribution >= 0.6 is 0 Å². The maximum Gasteiger partial charge on any atom is 0.225 e. The molecule has 1 unspecified atom stereocenters. The lowest BCUT2D eigenvalue weighted by atomic mass is 10.1. The first-order valence-electron chi connectivity index (χ1n) is 5.04. The van der Waals surface area contributed by atoms with Gasteiger partial charge in [-0.25, -0.2) is 0 Å². The maximum absolute atomic E-state index is 11.6. The summed E-state index contributed by atoms with van der Waals surface area (Å²) in [5, 5.41) is 12.9. The van der Waals surface area contributed by atoms with Crippen LogP contribution in [0.3, 0.4) is 0 Å². The van der Waals surface area contributed by atoms with Crippen molar-refractivity contribution >= 4 is 11.8 Å². The van der Waals surface area contributed by atoms with Gasteiger partial charge in [-0.15, -0.1) is 10.2 Å². The predicted molar refractivity (Wildman–Crippen MR) is 54.0 cm³/mol. The van der Waals surface area contributed by atoms with Gasteiger partial charge >= 0.3 is 0 Å². The molecule has 0 bridgehead atoms. The number of hydrogen-bond donors (Lipinski definition) is 2. The molecule has 2 rings (SSSR count). The smallest absolute Gasteiger partial charge is 0.225 e. The molecule has 7 nitrogen and oxygen atoms in total. The molecule has 2 N–H and O–H groups in total. The fourth-order valence-electron chi connectivity index (χ4n) is 1.57. The zero-order valence-electron chi connectivity index (χ0n) is 8.93. The van der Waals surface area contributed by atoms with Crippen LogP contribution in [0.2, 0.25) is 0 Å². The van der Waals surface area contributed by atoms with Gasteiger partial charge in [0.1, 0.15) is 6.33 Å². The average Bonchev–Trinajstić information content (AvgIpc) is 2.84. The molecule has 1 aromatic rings. The number of rotatable bonds is 3. The van der Waals surface area contributed by atoms with Gasteiger partial charge in [-0.05, 0) is 0 Å². The molecule has 0 spiro atoms. The Kier molecular flexibility index (Phi) is 2.84. The van der Waals surface area contributed by atoms with Crippen molar-refractivity contribution in [1.29, 1.82) is 0 Å². The van der Waals surface area contributed by atoms with Crippen LogP contribution in [0.4, 0.5) is 0 Å². The summed E-state index contributed by atoms with van der Waals surface area (Å²) in [6.45, 7) is 0.753. The van der Waals surface area contributed by atoms with Gasteiger partial charge in [-0.3, -0.25) is 9.59 Å². The van der Waals surface area contributed by atoms with Gasteiger partial charge in [0.15, 0.2) is 5.82 Å². The first kappa shape index (κ1) is 10.6. The van der Waals surface area contributed by atoms with E-state index in [2.05, 4.69) is 20.8 Å². The van der Waals surface area contributed by atoms with Crippen LogP contribution in [-0.4, -0.2) is 33.1 Å². The van der Waals surface area contributed by atoms with Crippen molar-refractivity contribution in [2.75, 3.05) is 6.54 Å². The number of nitrogens with one attached hydrogen (secondary N) is 2. The second kappa shape index (κ2) is 4.30. The van der Waals surface area contributed by atoms with Gasteiger partial charge in [0.25, 0.3) is 0 Å². The first-order valence-corrected chi connectivity index (χ1v) is 5.04. The molecule has 1 aliphatic rings. The van der Waals surface area contributed by atoms with E-state index in [0.29, 0.717) is 18.9 Å². The lowest BCUT2D eigenvalue weighted by molar-refractivity contribution is -0.126. The van der Waals surface area contributed by atoms with Crippen LogP contribution in [0.5, 0.6) is 0 Å². The van der Waals surface area contributed by atoms with Crippen LogP contribution in [0, 0.1) is 5.92 Å². The summed E-state index contributed by atoms with van der Waals surface area (Å²) in [7, 11) is 1.81. The van der Waals surface area contributed by atoms with Crippen molar-refractivity contribution in [3.05, 3.63) is 12.2 Å². The van der Waals surface area contributed by atoms with Gasteiger partial charge in [0.05, 0.1) is 12.5 Å². The zero-order valence-corrected chi connectivity index (χ0v) is 8.93. The van der Waals surface area contributed by atoms with Gasteiger partial charge in [-0.2, -0.15) is 0 Å². The summed E-state index contributed by atoms with van der Waals surface area (Å²) in [5.41, 5.74) is 0. The molecule has 16 heavy (non-hydrogen) atoms. The van der Waals surface area contributed by atoms with E-state index in [0.717, 1.165) is 0 Å². The molecule has 0 aromatic carbocycles. The second-order valence-corrected chi connectivity index (χ2v) is 3.78. The predicted octanol–water partition coefficient (Wildman–Crippen LogP) is -1.43. The fraction of sp³-hybridized carbons (Fsp3) is 0.556. The van der Waals surface area contributed by atoms with E-state index in [4.69, 9.17) is 0 Å². The number of carbonyl (C=O) groups excluding carboxylic acids is 2. The Morgan fingerprint density at radius 2 is 2.56 bits per heavy atom. The Morgan fingerprint density at radius 1 is 1.75 bits per heavy atom. The highest BCUT2D eigenvalue weighted by Crippen LogP contribution is 2.08.